The van der Waals surface area contributed by atoms with Gasteiger partial charge in [0.25, 0.3) is 0 Å². The Bertz CT molecular complexity index is 338. The number of benzene rings is 1. The lowest BCUT2D eigenvalue weighted by molar-refractivity contribution is -0.137. The molecular weight excluding hydrogens is 194 g/mol. The van der Waals surface area contributed by atoms with E-state index in [0.717, 1.165) is 0 Å². The molecule has 0 aromatic heterocycles. The molecule has 0 aliphatic rings. The molecule has 2 N–H and O–H groups in total. The van der Waals surface area contributed by atoms with E-state index in [1.165, 1.54) is 0 Å². The number of rotatable bonds is 5. The number of ether oxygens (including phenoxy) is 1. The first-order chi connectivity index (χ1) is 7.19. The lowest BCUT2D eigenvalue weighted by Gasteiger charge is -2.15. The van der Waals surface area contributed by atoms with Gasteiger partial charge in [-0.25, -0.2) is 4.79 Å². The molecule has 15 heavy (non-hydrogen) atoms. The van der Waals surface area contributed by atoms with Gasteiger partial charge in [-0.2, -0.15) is 0 Å². The standard InChI is InChI=1S/C11H15NO3/c1-3-8(11(13)14)12-9-6-4-5-7-10(9)15-2/h4-8,12H,3H2,1-2H3,(H,13,14)/t8-/m0/s1. The summed E-state index contributed by atoms with van der Waals surface area (Å²) in [5, 5.41) is 11.8. The smallest absolute Gasteiger partial charge is 0.326 e. The SMILES string of the molecule is CC[C@H](Nc1ccccc1OC)C(=O)O. The van der Waals surface area contributed by atoms with Crippen molar-refractivity contribution in [2.75, 3.05) is 12.4 Å². The second kappa shape index (κ2) is 5.24. The van der Waals surface area contributed by atoms with Gasteiger partial charge in [0.05, 0.1) is 12.8 Å². The van der Waals surface area contributed by atoms with Crippen LogP contribution in [0.1, 0.15) is 13.3 Å². The number of carbonyl (C=O) groups is 1. The highest BCUT2D eigenvalue weighted by Crippen LogP contribution is 2.24. The Morgan fingerprint density at radius 3 is 2.73 bits per heavy atom. The third kappa shape index (κ3) is 2.87. The van der Waals surface area contributed by atoms with E-state index in [1.807, 2.05) is 19.1 Å². The summed E-state index contributed by atoms with van der Waals surface area (Å²) in [7, 11) is 1.56. The monoisotopic (exact) mass is 209 g/mol. The molecule has 1 aromatic carbocycles. The molecule has 0 aliphatic carbocycles. The molecule has 4 heteroatoms. The van der Waals surface area contributed by atoms with Crippen LogP contribution in [0.15, 0.2) is 24.3 Å². The van der Waals surface area contributed by atoms with Gasteiger partial charge in [-0.15, -0.1) is 0 Å². The van der Waals surface area contributed by atoms with Gasteiger partial charge in [-0.05, 0) is 18.6 Å². The molecule has 0 radical (unpaired) electrons. The Hall–Kier alpha value is -1.71. The fourth-order valence-electron chi connectivity index (χ4n) is 1.29. The van der Waals surface area contributed by atoms with Crippen molar-refractivity contribution in [3.63, 3.8) is 0 Å². The van der Waals surface area contributed by atoms with Gasteiger partial charge in [0.15, 0.2) is 0 Å². The van der Waals surface area contributed by atoms with Crippen LogP contribution < -0.4 is 10.1 Å². The molecule has 1 atom stereocenters. The quantitative estimate of drug-likeness (QED) is 0.778. The van der Waals surface area contributed by atoms with Crippen LogP contribution in [0.2, 0.25) is 0 Å². The van der Waals surface area contributed by atoms with E-state index >= 15 is 0 Å². The van der Waals surface area contributed by atoms with Gasteiger partial charge < -0.3 is 15.2 Å². The number of para-hydroxylation sites is 2. The minimum Gasteiger partial charge on any atom is -0.495 e. The lowest BCUT2D eigenvalue weighted by atomic mass is 10.2. The molecule has 0 bridgehead atoms. The van der Waals surface area contributed by atoms with Crippen LogP contribution in [-0.4, -0.2) is 24.2 Å². The van der Waals surface area contributed by atoms with Gasteiger partial charge in [0, 0.05) is 0 Å². The number of hydrogen-bond acceptors (Lipinski definition) is 3. The molecule has 1 rings (SSSR count). The van der Waals surface area contributed by atoms with E-state index in [9.17, 15) is 4.79 Å². The minimum absolute atomic E-state index is 0.521. The van der Waals surface area contributed by atoms with Crippen molar-refractivity contribution < 1.29 is 14.6 Å². The fourth-order valence-corrected chi connectivity index (χ4v) is 1.29. The van der Waals surface area contributed by atoms with Gasteiger partial charge in [0.1, 0.15) is 11.8 Å². The van der Waals surface area contributed by atoms with E-state index in [2.05, 4.69) is 5.32 Å². The molecule has 0 saturated carbocycles. The van der Waals surface area contributed by atoms with Crippen LogP contribution in [0.5, 0.6) is 5.75 Å². The van der Waals surface area contributed by atoms with Gasteiger partial charge in [0.2, 0.25) is 0 Å². The van der Waals surface area contributed by atoms with Gasteiger partial charge in [-0.3, -0.25) is 0 Å². The number of carboxylic acids is 1. The minimum atomic E-state index is -0.858. The van der Waals surface area contributed by atoms with Crippen molar-refractivity contribution in [2.45, 2.75) is 19.4 Å². The second-order valence-corrected chi connectivity index (χ2v) is 3.14. The highest BCUT2D eigenvalue weighted by Gasteiger charge is 2.15. The number of nitrogens with one attached hydrogen (secondary N) is 1. The average Bonchev–Trinajstić information content (AvgIpc) is 2.25. The molecule has 4 nitrogen and oxygen atoms in total. The van der Waals surface area contributed by atoms with E-state index in [1.54, 1.807) is 19.2 Å². The zero-order valence-electron chi connectivity index (χ0n) is 8.86. The Balaban J connectivity index is 2.82. The van der Waals surface area contributed by atoms with E-state index in [-0.39, 0.29) is 0 Å². The zero-order valence-corrected chi connectivity index (χ0v) is 8.86. The maximum atomic E-state index is 10.8. The highest BCUT2D eigenvalue weighted by molar-refractivity contribution is 5.78. The summed E-state index contributed by atoms with van der Waals surface area (Å²) >= 11 is 0. The zero-order chi connectivity index (χ0) is 11.3. The summed E-state index contributed by atoms with van der Waals surface area (Å²) < 4.78 is 5.12. The first-order valence-corrected chi connectivity index (χ1v) is 4.81. The number of aliphatic carboxylic acids is 1. The van der Waals surface area contributed by atoms with Crippen LogP contribution in [0.25, 0.3) is 0 Å². The van der Waals surface area contributed by atoms with Gasteiger partial charge in [-0.1, -0.05) is 19.1 Å². The Labute approximate surface area is 88.9 Å². The Morgan fingerprint density at radius 1 is 1.53 bits per heavy atom. The van der Waals surface area contributed by atoms with Crippen molar-refractivity contribution >= 4 is 11.7 Å². The average molecular weight is 209 g/mol. The first-order valence-electron chi connectivity index (χ1n) is 4.81. The highest BCUT2D eigenvalue weighted by atomic mass is 16.5. The molecule has 0 heterocycles. The third-order valence-corrected chi connectivity index (χ3v) is 2.14. The third-order valence-electron chi connectivity index (χ3n) is 2.14. The summed E-state index contributed by atoms with van der Waals surface area (Å²) in [5.74, 6) is -0.208. The number of hydrogen-bond donors (Lipinski definition) is 2. The van der Waals surface area contributed by atoms with Gasteiger partial charge >= 0.3 is 5.97 Å². The maximum absolute atomic E-state index is 10.8. The topological polar surface area (TPSA) is 58.6 Å². The Morgan fingerprint density at radius 2 is 2.20 bits per heavy atom. The lowest BCUT2D eigenvalue weighted by Crippen LogP contribution is -2.28. The number of carboxylic acid groups (broad SMARTS) is 1. The molecule has 1 aromatic rings. The number of anilines is 1. The molecule has 0 unspecified atom stereocenters. The first kappa shape index (κ1) is 11.4. The van der Waals surface area contributed by atoms with Crippen LogP contribution in [0, 0.1) is 0 Å². The van der Waals surface area contributed by atoms with Crippen LogP contribution in [0.3, 0.4) is 0 Å². The van der Waals surface area contributed by atoms with Crippen molar-refractivity contribution in [3.8, 4) is 5.75 Å². The normalized spacial score (nSPS) is 11.9. The van der Waals surface area contributed by atoms with Crippen molar-refractivity contribution in [2.24, 2.45) is 0 Å². The molecule has 0 amide bonds. The second-order valence-electron chi connectivity index (χ2n) is 3.14. The van der Waals surface area contributed by atoms with Crippen LogP contribution in [-0.2, 0) is 4.79 Å². The summed E-state index contributed by atoms with van der Waals surface area (Å²) in [6.45, 7) is 1.82. The summed E-state index contributed by atoms with van der Waals surface area (Å²) in [6.07, 6.45) is 0.521. The van der Waals surface area contributed by atoms with Crippen LogP contribution in [0.4, 0.5) is 5.69 Å². The Kier molecular flexibility index (Phi) is 3.97. The molecule has 0 aliphatic heterocycles. The summed E-state index contributed by atoms with van der Waals surface area (Å²) in [6, 6.07) is 6.67. The van der Waals surface area contributed by atoms with Crippen molar-refractivity contribution in [1.82, 2.24) is 0 Å². The fraction of sp³-hybridized carbons (Fsp3) is 0.364. The molecule has 0 saturated heterocycles. The predicted molar refractivity (Wildman–Crippen MR) is 58.3 cm³/mol. The van der Waals surface area contributed by atoms with Crippen LogP contribution >= 0.6 is 0 Å². The molecule has 82 valence electrons. The van der Waals surface area contributed by atoms with Crippen molar-refractivity contribution in [1.29, 1.82) is 0 Å². The molecular formula is C11H15NO3. The van der Waals surface area contributed by atoms with E-state index in [0.29, 0.717) is 17.9 Å². The largest absolute Gasteiger partial charge is 0.495 e. The van der Waals surface area contributed by atoms with E-state index < -0.39 is 12.0 Å². The predicted octanol–water partition coefficient (Wildman–Crippen LogP) is 1.97. The molecule has 0 fully saturated rings. The number of methoxy groups -OCH3 is 1. The maximum Gasteiger partial charge on any atom is 0.326 e. The van der Waals surface area contributed by atoms with E-state index in [4.69, 9.17) is 9.84 Å². The summed E-state index contributed by atoms with van der Waals surface area (Å²) in [4.78, 5) is 10.8. The molecule has 0 spiro atoms. The summed E-state index contributed by atoms with van der Waals surface area (Å²) in [5.41, 5.74) is 0.703. The van der Waals surface area contributed by atoms with Crippen molar-refractivity contribution in [3.05, 3.63) is 24.3 Å².